The van der Waals surface area contributed by atoms with Crippen LogP contribution in [-0.4, -0.2) is 57.5 Å². The van der Waals surface area contributed by atoms with Gasteiger partial charge in [-0.25, -0.2) is 4.79 Å². The molecule has 0 spiro atoms. The van der Waals surface area contributed by atoms with Crippen molar-refractivity contribution in [1.82, 2.24) is 0 Å². The average Bonchev–Trinajstić information content (AvgIpc) is 1.82. The fourth-order valence-electron chi connectivity index (χ4n) is 0.327. The van der Waals surface area contributed by atoms with Crippen molar-refractivity contribution in [3.8, 4) is 0 Å². The van der Waals surface area contributed by atoms with E-state index in [1.807, 2.05) is 0 Å². The van der Waals surface area contributed by atoms with Crippen molar-refractivity contribution in [2.75, 3.05) is 0 Å². The van der Waals surface area contributed by atoms with E-state index in [9.17, 15) is 14.4 Å². The van der Waals surface area contributed by atoms with E-state index in [1.165, 1.54) is 0 Å². The van der Waals surface area contributed by atoms with Gasteiger partial charge in [0.1, 0.15) is 0 Å². The van der Waals surface area contributed by atoms with Crippen LogP contribution in [0.2, 0.25) is 0 Å². The van der Waals surface area contributed by atoms with E-state index in [0.717, 1.165) is 0 Å². The molecule has 0 radical (unpaired) electrons. The zero-order chi connectivity index (χ0) is 8.15. The molecule has 6 heteroatoms. The van der Waals surface area contributed by atoms with E-state index in [1.54, 1.807) is 0 Å². The molecule has 5 nitrogen and oxygen atoms in total. The maximum atomic E-state index is 10.2. The third-order valence-corrected chi connectivity index (χ3v) is 0.804. The summed E-state index contributed by atoms with van der Waals surface area (Å²) in [6.45, 7) is 0. The number of carbonyl (C=O) groups excluding carboxylic acids is 1. The Morgan fingerprint density at radius 3 is 1.73 bits per heavy atom. The summed E-state index contributed by atoms with van der Waals surface area (Å²) in [6, 6.07) is 0. The Labute approximate surface area is 84.7 Å². The Balaban J connectivity index is 0. The summed E-state index contributed by atoms with van der Waals surface area (Å²) in [5.74, 6) is -3.82. The van der Waals surface area contributed by atoms with Gasteiger partial charge in [-0.15, -0.1) is 0 Å². The van der Waals surface area contributed by atoms with Crippen LogP contribution in [0.25, 0.3) is 0 Å². The Morgan fingerprint density at radius 2 is 1.45 bits per heavy atom. The second-order valence-electron chi connectivity index (χ2n) is 1.62. The minimum atomic E-state index is -1.58. The molecule has 0 fully saturated rings. The van der Waals surface area contributed by atoms with Crippen LogP contribution in [0.4, 0.5) is 0 Å². The zero-order valence-electron chi connectivity index (χ0n) is 5.03. The molecular weight excluding hydrogens is 163 g/mol. The monoisotopic (exact) mass is 170 g/mol. The van der Waals surface area contributed by atoms with Gasteiger partial charge in [0.05, 0.1) is 6.42 Å². The van der Waals surface area contributed by atoms with Crippen molar-refractivity contribution in [1.29, 1.82) is 0 Å². The van der Waals surface area contributed by atoms with Gasteiger partial charge in [-0.2, -0.15) is 0 Å². The molecule has 0 saturated heterocycles. The molecule has 0 saturated carbocycles. The van der Waals surface area contributed by atoms with Crippen LogP contribution in [0.3, 0.4) is 0 Å². The van der Waals surface area contributed by atoms with E-state index < -0.39 is 30.6 Å². The van der Waals surface area contributed by atoms with Gasteiger partial charge in [0.25, 0.3) is 0 Å². The van der Waals surface area contributed by atoms with E-state index >= 15 is 0 Å². The number of Topliss-reactive ketones (excluding diaryl/α,β-unsaturated/α-hetero) is 1. The van der Waals surface area contributed by atoms with Crippen molar-refractivity contribution in [3.63, 3.8) is 0 Å². The van der Waals surface area contributed by atoms with Gasteiger partial charge >= 0.3 is 41.5 Å². The molecule has 0 heterocycles. The van der Waals surface area contributed by atoms with E-state index in [-0.39, 0.29) is 29.6 Å². The van der Waals surface area contributed by atoms with Crippen molar-refractivity contribution in [2.45, 2.75) is 12.8 Å². The zero-order valence-corrected chi connectivity index (χ0v) is 5.03. The number of rotatable bonds is 4. The van der Waals surface area contributed by atoms with Gasteiger partial charge in [0, 0.05) is 6.42 Å². The second kappa shape index (κ2) is 6.33. The molecule has 0 unspecified atom stereocenters. The van der Waals surface area contributed by atoms with Crippen molar-refractivity contribution in [2.24, 2.45) is 0 Å². The van der Waals surface area contributed by atoms with Crippen LogP contribution in [0.15, 0.2) is 0 Å². The normalized spacial score (nSPS) is 8.00. The number of hydrogen-bond donors (Lipinski definition) is 2. The number of ketones is 1. The van der Waals surface area contributed by atoms with Crippen LogP contribution in [0.5, 0.6) is 0 Å². The Hall–Kier alpha value is -0.390. The van der Waals surface area contributed by atoms with Gasteiger partial charge in [-0.1, -0.05) is 0 Å². The minimum absolute atomic E-state index is 0. The van der Waals surface area contributed by atoms with E-state index in [4.69, 9.17) is 10.2 Å². The second-order valence-corrected chi connectivity index (χ2v) is 1.62. The predicted octanol–water partition coefficient (Wildman–Crippen LogP) is -1.14. The molecule has 0 aliphatic rings. The summed E-state index contributed by atoms with van der Waals surface area (Å²) in [4.78, 5) is 29.7. The van der Waals surface area contributed by atoms with E-state index in [2.05, 4.69) is 0 Å². The summed E-state index contributed by atoms with van der Waals surface area (Å²) in [6.07, 6.45) is -0.865. The summed E-state index contributed by atoms with van der Waals surface area (Å²) in [5.41, 5.74) is 0. The number of carboxylic acids is 2. The van der Waals surface area contributed by atoms with Gasteiger partial charge < -0.3 is 10.2 Å². The standard InChI is InChI=1S/C5H6O5.Na.H/c6-3(5(9)10)1-2-4(7)8;;/h1-2H2,(H,7,8)(H,9,10);;. The molecule has 0 aromatic carbocycles. The first-order valence-corrected chi connectivity index (χ1v) is 2.52. The van der Waals surface area contributed by atoms with Crippen LogP contribution in [0, 0.1) is 0 Å². The molecule has 0 aromatic rings. The van der Waals surface area contributed by atoms with Crippen LogP contribution in [-0.2, 0) is 14.4 Å². The summed E-state index contributed by atoms with van der Waals surface area (Å²) in [7, 11) is 0. The number of carboxylic acid groups (broad SMARTS) is 2. The Kier molecular flexibility index (Phi) is 7.60. The molecule has 11 heavy (non-hydrogen) atoms. The van der Waals surface area contributed by atoms with Crippen LogP contribution in [0.1, 0.15) is 12.8 Å². The molecule has 0 aromatic heterocycles. The first kappa shape index (κ1) is 13.2. The first-order chi connectivity index (χ1) is 4.54. The van der Waals surface area contributed by atoms with Crippen LogP contribution >= 0.6 is 0 Å². The Morgan fingerprint density at radius 1 is 1.00 bits per heavy atom. The molecule has 0 atom stereocenters. The third kappa shape index (κ3) is 7.51. The van der Waals surface area contributed by atoms with Gasteiger partial charge in [0.15, 0.2) is 0 Å². The molecule has 0 amide bonds. The summed E-state index contributed by atoms with van der Waals surface area (Å²) < 4.78 is 0. The third-order valence-electron chi connectivity index (χ3n) is 0.804. The van der Waals surface area contributed by atoms with Crippen molar-refractivity contribution >= 4 is 47.3 Å². The van der Waals surface area contributed by atoms with Crippen LogP contribution < -0.4 is 0 Å². The number of carbonyl (C=O) groups is 3. The van der Waals surface area contributed by atoms with Crippen molar-refractivity contribution in [3.05, 3.63) is 0 Å². The number of hydrogen-bond acceptors (Lipinski definition) is 3. The molecule has 0 aliphatic heterocycles. The fourth-order valence-corrected chi connectivity index (χ4v) is 0.327. The number of aliphatic carboxylic acids is 2. The molecule has 2 N–H and O–H groups in total. The molecular formula is C5H7NaO5. The van der Waals surface area contributed by atoms with Gasteiger partial charge in [-0.05, 0) is 0 Å². The summed E-state index contributed by atoms with van der Waals surface area (Å²) in [5, 5.41) is 16.0. The molecule has 0 bridgehead atoms. The molecule has 0 aliphatic carbocycles. The first-order valence-electron chi connectivity index (χ1n) is 2.52. The average molecular weight is 170 g/mol. The van der Waals surface area contributed by atoms with Crippen molar-refractivity contribution < 1.29 is 24.6 Å². The van der Waals surface area contributed by atoms with Gasteiger partial charge in [-0.3, -0.25) is 9.59 Å². The molecule has 0 rings (SSSR count). The SMILES string of the molecule is O=C(O)CCC(=O)C(=O)O.[NaH]. The summed E-state index contributed by atoms with van der Waals surface area (Å²) >= 11 is 0. The maximum absolute atomic E-state index is 10.2. The topological polar surface area (TPSA) is 91.7 Å². The molecule has 58 valence electrons. The Bertz CT molecular complexity index is 176. The van der Waals surface area contributed by atoms with E-state index in [0.29, 0.717) is 0 Å². The van der Waals surface area contributed by atoms with Gasteiger partial charge in [0.2, 0.25) is 5.78 Å². The quantitative estimate of drug-likeness (QED) is 0.411. The predicted molar refractivity (Wildman–Crippen MR) is 36.7 cm³/mol. The fraction of sp³-hybridized carbons (Fsp3) is 0.400.